The molecule has 13 nitrogen and oxygen atoms in total. The van der Waals surface area contributed by atoms with Crippen LogP contribution in [-0.4, -0.2) is 75.3 Å². The van der Waals surface area contributed by atoms with Crippen molar-refractivity contribution in [2.45, 2.75) is 71.2 Å². The van der Waals surface area contributed by atoms with Gasteiger partial charge in [0, 0.05) is 12.0 Å². The fraction of sp³-hybridized carbons (Fsp3) is 0.500. The highest BCUT2D eigenvalue weighted by Gasteiger charge is 2.31. The molecule has 0 radical (unpaired) electrons. The van der Waals surface area contributed by atoms with Crippen molar-refractivity contribution in [2.75, 3.05) is 25.6 Å². The molecule has 4 heterocycles. The second-order valence-electron chi connectivity index (χ2n) is 11.6. The number of carbonyl (C=O) groups excluding carboxylic acids is 2. The lowest BCUT2D eigenvalue weighted by Gasteiger charge is -2.33. The zero-order valence-corrected chi connectivity index (χ0v) is 24.3. The number of aromatic nitrogens is 4. The number of nitrogens with zero attached hydrogens (tertiary/aromatic N) is 5. The van der Waals surface area contributed by atoms with Crippen LogP contribution in [0.15, 0.2) is 24.7 Å². The summed E-state index contributed by atoms with van der Waals surface area (Å²) < 4.78 is 23.5. The third-order valence-electron chi connectivity index (χ3n) is 6.00. The lowest BCUT2D eigenvalue weighted by atomic mass is 10.0. The molecule has 3 aromatic rings. The summed E-state index contributed by atoms with van der Waals surface area (Å²) in [6.07, 6.45) is 3.82. The topological polar surface area (TPSA) is 163 Å². The summed E-state index contributed by atoms with van der Waals surface area (Å²) in [4.78, 5) is 39.1. The Hall–Kier alpha value is -4.44. The normalized spacial score (nSPS) is 17.4. The lowest BCUT2D eigenvalue weighted by Crippen LogP contribution is -2.53. The predicted molar refractivity (Wildman–Crippen MR) is 150 cm³/mol. The molecule has 4 rings (SSSR count). The highest BCUT2D eigenvalue weighted by molar-refractivity contribution is 5.98. The largest absolute Gasteiger partial charge is 0.494 e. The van der Waals surface area contributed by atoms with Gasteiger partial charge in [-0.2, -0.15) is 5.26 Å². The highest BCUT2D eigenvalue weighted by atomic mass is 16.6. The molecule has 0 unspecified atom stereocenters. The van der Waals surface area contributed by atoms with Crippen LogP contribution < -0.4 is 15.4 Å². The molecular weight excluding hydrogens is 530 g/mol. The van der Waals surface area contributed by atoms with Crippen molar-refractivity contribution in [1.29, 1.82) is 5.26 Å². The zero-order valence-electron chi connectivity index (χ0n) is 24.3. The molecule has 0 aliphatic carbocycles. The summed E-state index contributed by atoms with van der Waals surface area (Å²) >= 11 is 0. The van der Waals surface area contributed by atoms with Gasteiger partial charge in [-0.1, -0.05) is 0 Å². The molecule has 0 bridgehead atoms. The first-order chi connectivity index (χ1) is 19.3. The van der Waals surface area contributed by atoms with E-state index in [9.17, 15) is 14.9 Å². The number of anilines is 1. The van der Waals surface area contributed by atoms with Gasteiger partial charge in [-0.15, -0.1) is 0 Å². The predicted octanol–water partition coefficient (Wildman–Crippen LogP) is 4.25. The van der Waals surface area contributed by atoms with E-state index in [0.717, 1.165) is 0 Å². The Morgan fingerprint density at radius 3 is 2.49 bits per heavy atom. The quantitative estimate of drug-likeness (QED) is 0.455. The van der Waals surface area contributed by atoms with Crippen molar-refractivity contribution in [3.63, 3.8) is 0 Å². The van der Waals surface area contributed by atoms with Crippen LogP contribution in [0.25, 0.3) is 22.3 Å². The Morgan fingerprint density at radius 1 is 1.10 bits per heavy atom. The maximum Gasteiger partial charge on any atom is 0.419 e. The number of ether oxygens (including phenoxy) is 4. The number of nitrogens with one attached hydrogen (secondary N) is 2. The SMILES string of the molecule is COc1cncc2c1cc(-c1nc(N[C@@H]3CCOC[C@@H]3NC(=O)OC(C)(C)C)cnc1C#N)n2C(=O)OC(C)(C)C. The minimum Gasteiger partial charge on any atom is -0.494 e. The van der Waals surface area contributed by atoms with E-state index in [1.807, 2.05) is 0 Å². The molecule has 1 aliphatic rings. The van der Waals surface area contributed by atoms with Gasteiger partial charge in [0.1, 0.15) is 34.5 Å². The first-order valence-corrected chi connectivity index (χ1v) is 13.2. The van der Waals surface area contributed by atoms with Gasteiger partial charge < -0.3 is 29.6 Å². The second kappa shape index (κ2) is 11.6. The molecule has 0 saturated carbocycles. The number of rotatable bonds is 5. The van der Waals surface area contributed by atoms with Gasteiger partial charge in [0.15, 0.2) is 5.69 Å². The Bertz CT molecular complexity index is 1480. The van der Waals surface area contributed by atoms with Gasteiger partial charge in [-0.25, -0.2) is 24.1 Å². The van der Waals surface area contributed by atoms with Crippen molar-refractivity contribution >= 4 is 28.9 Å². The van der Waals surface area contributed by atoms with Crippen LogP contribution in [0.3, 0.4) is 0 Å². The second-order valence-corrected chi connectivity index (χ2v) is 11.6. The molecule has 0 spiro atoms. The van der Waals surface area contributed by atoms with E-state index >= 15 is 0 Å². The van der Waals surface area contributed by atoms with Crippen LogP contribution in [-0.2, 0) is 14.2 Å². The fourth-order valence-electron chi connectivity index (χ4n) is 4.36. The molecule has 41 heavy (non-hydrogen) atoms. The third-order valence-corrected chi connectivity index (χ3v) is 6.00. The number of hydrogen-bond donors (Lipinski definition) is 2. The molecule has 1 fully saturated rings. The summed E-state index contributed by atoms with van der Waals surface area (Å²) in [6, 6.07) is 3.07. The maximum absolute atomic E-state index is 13.4. The van der Waals surface area contributed by atoms with Crippen molar-refractivity contribution in [2.24, 2.45) is 0 Å². The van der Waals surface area contributed by atoms with Gasteiger partial charge in [-0.05, 0) is 54.0 Å². The third kappa shape index (κ3) is 7.01. The Morgan fingerprint density at radius 2 is 1.83 bits per heavy atom. The minimum atomic E-state index is -0.788. The molecule has 3 aromatic heterocycles. The van der Waals surface area contributed by atoms with Crippen molar-refractivity contribution in [1.82, 2.24) is 24.8 Å². The van der Waals surface area contributed by atoms with E-state index in [-0.39, 0.29) is 29.7 Å². The van der Waals surface area contributed by atoms with Gasteiger partial charge in [-0.3, -0.25) is 4.98 Å². The lowest BCUT2D eigenvalue weighted by molar-refractivity contribution is 0.0317. The van der Waals surface area contributed by atoms with Crippen molar-refractivity contribution in [3.05, 3.63) is 30.4 Å². The van der Waals surface area contributed by atoms with Gasteiger partial charge in [0.25, 0.3) is 0 Å². The average molecular weight is 566 g/mol. The molecule has 1 amide bonds. The van der Waals surface area contributed by atoms with Crippen LogP contribution >= 0.6 is 0 Å². The van der Waals surface area contributed by atoms with Crippen LogP contribution in [0.5, 0.6) is 5.75 Å². The number of alkyl carbamates (subject to hydrolysis) is 1. The van der Waals surface area contributed by atoms with E-state index in [0.29, 0.717) is 35.5 Å². The molecule has 2 N–H and O–H groups in total. The van der Waals surface area contributed by atoms with E-state index in [4.69, 9.17) is 23.9 Å². The van der Waals surface area contributed by atoms with Gasteiger partial charge in [0.2, 0.25) is 0 Å². The number of carbonyl (C=O) groups is 2. The van der Waals surface area contributed by atoms with Crippen molar-refractivity contribution in [3.8, 4) is 23.2 Å². The van der Waals surface area contributed by atoms with Crippen LogP contribution in [0.2, 0.25) is 0 Å². The summed E-state index contributed by atoms with van der Waals surface area (Å²) in [5.74, 6) is 0.776. The molecule has 1 saturated heterocycles. The van der Waals surface area contributed by atoms with Crippen LogP contribution in [0.4, 0.5) is 15.4 Å². The summed E-state index contributed by atoms with van der Waals surface area (Å²) in [5.41, 5.74) is -0.576. The average Bonchev–Trinajstić information content (AvgIpc) is 3.27. The number of amides is 1. The molecule has 2 atom stereocenters. The Labute approximate surface area is 238 Å². The van der Waals surface area contributed by atoms with Crippen LogP contribution in [0.1, 0.15) is 53.7 Å². The monoisotopic (exact) mass is 565 g/mol. The van der Waals surface area contributed by atoms with E-state index < -0.39 is 29.4 Å². The molecular formula is C28H35N7O6. The van der Waals surface area contributed by atoms with E-state index in [1.165, 1.54) is 30.3 Å². The summed E-state index contributed by atoms with van der Waals surface area (Å²) in [5, 5.41) is 16.6. The number of hydrogen-bond acceptors (Lipinski definition) is 11. The molecule has 1 aliphatic heterocycles. The summed E-state index contributed by atoms with van der Waals surface area (Å²) in [7, 11) is 1.50. The van der Waals surface area contributed by atoms with Crippen molar-refractivity contribution < 1.29 is 28.5 Å². The summed E-state index contributed by atoms with van der Waals surface area (Å²) in [6.45, 7) is 11.4. The smallest absolute Gasteiger partial charge is 0.419 e. The van der Waals surface area contributed by atoms with E-state index in [2.05, 4.69) is 26.7 Å². The number of methoxy groups -OCH3 is 1. The first-order valence-electron chi connectivity index (χ1n) is 13.2. The number of nitriles is 1. The maximum atomic E-state index is 13.4. The highest BCUT2D eigenvalue weighted by Crippen LogP contribution is 2.34. The number of fused-ring (bicyclic) bond motifs is 1. The molecule has 218 valence electrons. The standard InChI is InChI=1S/C28H35N7O6/c1-27(2,3)40-25(36)33-19-15-39-9-8-17(19)32-23-14-31-18(11-29)24(34-23)20-10-16-21(12-30-13-22(16)38-7)35(20)26(37)41-28(4,5)6/h10,12-14,17,19H,8-9,15H2,1-7H3,(H,32,34)(H,33,36)/t17-,19+/m1/s1. The first kappa shape index (κ1) is 29.5. The van der Waals surface area contributed by atoms with Gasteiger partial charge in [0.05, 0.1) is 55.6 Å². The fourth-order valence-corrected chi connectivity index (χ4v) is 4.36. The number of pyridine rings is 1. The Balaban J connectivity index is 1.74. The molecule has 0 aromatic carbocycles. The zero-order chi connectivity index (χ0) is 29.9. The van der Waals surface area contributed by atoms with E-state index in [1.54, 1.807) is 47.6 Å². The minimum absolute atomic E-state index is 0.00509. The molecule has 13 heteroatoms. The Kier molecular flexibility index (Phi) is 8.34. The van der Waals surface area contributed by atoms with Gasteiger partial charge >= 0.3 is 12.2 Å². The van der Waals surface area contributed by atoms with Crippen LogP contribution in [0, 0.1) is 11.3 Å².